The number of hydrogen-bond donors (Lipinski definition) is 1. The summed E-state index contributed by atoms with van der Waals surface area (Å²) in [6, 6.07) is 5.75. The minimum absolute atomic E-state index is 0.0199. The van der Waals surface area contributed by atoms with Gasteiger partial charge in [0.15, 0.2) is 0 Å². The average molecular weight is 213 g/mol. The number of benzene rings is 1. The summed E-state index contributed by atoms with van der Waals surface area (Å²) in [7, 11) is 0. The van der Waals surface area contributed by atoms with Crippen LogP contribution in [0.5, 0.6) is 0 Å². The van der Waals surface area contributed by atoms with Crippen molar-refractivity contribution in [2.75, 3.05) is 0 Å². The van der Waals surface area contributed by atoms with Gasteiger partial charge in [-0.2, -0.15) is 0 Å². The lowest BCUT2D eigenvalue weighted by molar-refractivity contribution is 0.810. The van der Waals surface area contributed by atoms with E-state index in [1.54, 1.807) is 11.3 Å². The highest BCUT2D eigenvalue weighted by Gasteiger charge is 2.08. The number of aromatic nitrogens is 1. The zero-order valence-electron chi connectivity index (χ0n) is 7.12. The molecule has 1 heterocycles. The molecule has 0 saturated heterocycles. The summed E-state index contributed by atoms with van der Waals surface area (Å²) in [6.45, 7) is 1.92. The summed E-state index contributed by atoms with van der Waals surface area (Å²) in [5, 5.41) is 1.63. The van der Waals surface area contributed by atoms with Gasteiger partial charge in [-0.1, -0.05) is 17.7 Å². The summed E-state index contributed by atoms with van der Waals surface area (Å²) in [4.78, 5) is 4.37. The summed E-state index contributed by atoms with van der Waals surface area (Å²) in [5.41, 5.74) is 6.59. The molecule has 0 aliphatic heterocycles. The van der Waals surface area contributed by atoms with E-state index < -0.39 is 0 Å². The van der Waals surface area contributed by atoms with Crippen molar-refractivity contribution in [3.05, 3.63) is 28.2 Å². The van der Waals surface area contributed by atoms with E-state index in [1.807, 2.05) is 25.1 Å². The van der Waals surface area contributed by atoms with E-state index in [2.05, 4.69) is 4.98 Å². The van der Waals surface area contributed by atoms with E-state index in [9.17, 15) is 0 Å². The van der Waals surface area contributed by atoms with Crippen molar-refractivity contribution in [1.29, 1.82) is 0 Å². The summed E-state index contributed by atoms with van der Waals surface area (Å²) in [6.07, 6.45) is 0. The number of para-hydroxylation sites is 1. The number of thiazole rings is 1. The van der Waals surface area contributed by atoms with Gasteiger partial charge in [0.05, 0.1) is 15.8 Å². The smallest absolute Gasteiger partial charge is 0.110 e. The molecule has 2 nitrogen and oxygen atoms in total. The van der Waals surface area contributed by atoms with E-state index in [0.717, 1.165) is 15.2 Å². The van der Waals surface area contributed by atoms with Crippen LogP contribution in [0, 0.1) is 0 Å². The molecule has 0 bridgehead atoms. The van der Waals surface area contributed by atoms with Gasteiger partial charge < -0.3 is 5.73 Å². The SMILES string of the molecule is CC(N)c1nc2c(Cl)cccc2s1. The van der Waals surface area contributed by atoms with Crippen LogP contribution in [0.3, 0.4) is 0 Å². The van der Waals surface area contributed by atoms with Gasteiger partial charge in [-0.3, -0.25) is 0 Å². The Hall–Kier alpha value is -0.640. The normalized spacial score (nSPS) is 13.5. The fourth-order valence-electron chi connectivity index (χ4n) is 1.13. The lowest BCUT2D eigenvalue weighted by Gasteiger charge is -1.95. The highest BCUT2D eigenvalue weighted by molar-refractivity contribution is 7.18. The number of nitrogens with two attached hydrogens (primary N) is 1. The van der Waals surface area contributed by atoms with E-state index in [0.29, 0.717) is 5.02 Å². The van der Waals surface area contributed by atoms with Crippen molar-refractivity contribution in [3.63, 3.8) is 0 Å². The zero-order chi connectivity index (χ0) is 9.42. The van der Waals surface area contributed by atoms with Crippen LogP contribution in [-0.4, -0.2) is 4.98 Å². The average Bonchev–Trinajstić information content (AvgIpc) is 2.49. The third-order valence-electron chi connectivity index (χ3n) is 1.78. The van der Waals surface area contributed by atoms with Crippen molar-refractivity contribution in [2.45, 2.75) is 13.0 Å². The quantitative estimate of drug-likeness (QED) is 0.790. The first-order valence-electron chi connectivity index (χ1n) is 3.99. The molecule has 2 rings (SSSR count). The second kappa shape index (κ2) is 3.25. The van der Waals surface area contributed by atoms with E-state index in [-0.39, 0.29) is 6.04 Å². The van der Waals surface area contributed by atoms with Crippen LogP contribution in [0.25, 0.3) is 10.2 Å². The van der Waals surface area contributed by atoms with Crippen molar-refractivity contribution in [3.8, 4) is 0 Å². The van der Waals surface area contributed by atoms with Crippen LogP contribution in [0.1, 0.15) is 18.0 Å². The molecular weight excluding hydrogens is 204 g/mol. The van der Waals surface area contributed by atoms with Gasteiger partial charge in [-0.25, -0.2) is 4.98 Å². The topological polar surface area (TPSA) is 38.9 Å². The Kier molecular flexibility index (Phi) is 2.24. The molecule has 0 aliphatic carbocycles. The molecule has 0 aliphatic rings. The third-order valence-corrected chi connectivity index (χ3v) is 3.30. The summed E-state index contributed by atoms with van der Waals surface area (Å²) < 4.78 is 1.10. The van der Waals surface area contributed by atoms with Gasteiger partial charge in [0.1, 0.15) is 10.5 Å². The predicted molar refractivity (Wildman–Crippen MR) is 57.2 cm³/mol. The Bertz CT molecular complexity index is 436. The molecule has 0 amide bonds. The van der Waals surface area contributed by atoms with Crippen LogP contribution < -0.4 is 5.73 Å². The molecule has 2 N–H and O–H groups in total. The lowest BCUT2D eigenvalue weighted by atomic mass is 10.3. The van der Waals surface area contributed by atoms with Gasteiger partial charge in [-0.05, 0) is 19.1 Å². The first kappa shape index (κ1) is 8.94. The maximum Gasteiger partial charge on any atom is 0.110 e. The standard InChI is InChI=1S/C9H9ClN2S/c1-5(11)9-12-8-6(10)3-2-4-7(8)13-9/h2-5H,11H2,1H3. The number of fused-ring (bicyclic) bond motifs is 1. The molecule has 0 spiro atoms. The Balaban J connectivity index is 2.68. The van der Waals surface area contributed by atoms with Gasteiger partial charge in [0.25, 0.3) is 0 Å². The monoisotopic (exact) mass is 212 g/mol. The van der Waals surface area contributed by atoms with Crippen LogP contribution in [0.2, 0.25) is 5.02 Å². The van der Waals surface area contributed by atoms with Crippen molar-refractivity contribution >= 4 is 33.2 Å². The third kappa shape index (κ3) is 1.55. The first-order valence-corrected chi connectivity index (χ1v) is 5.18. The lowest BCUT2D eigenvalue weighted by Crippen LogP contribution is -2.03. The molecule has 68 valence electrons. The number of hydrogen-bond acceptors (Lipinski definition) is 3. The zero-order valence-corrected chi connectivity index (χ0v) is 8.69. The van der Waals surface area contributed by atoms with Gasteiger partial charge in [0.2, 0.25) is 0 Å². The summed E-state index contributed by atoms with van der Waals surface area (Å²) in [5.74, 6) is 0. The molecule has 1 atom stereocenters. The number of rotatable bonds is 1. The molecule has 13 heavy (non-hydrogen) atoms. The molecule has 1 unspecified atom stereocenters. The number of nitrogens with zero attached hydrogens (tertiary/aromatic N) is 1. The van der Waals surface area contributed by atoms with Crippen LogP contribution in [0.15, 0.2) is 18.2 Å². The second-order valence-corrected chi connectivity index (χ2v) is 4.40. The molecule has 4 heteroatoms. The Morgan fingerprint density at radius 3 is 2.92 bits per heavy atom. The van der Waals surface area contributed by atoms with E-state index in [1.165, 1.54) is 0 Å². The van der Waals surface area contributed by atoms with Gasteiger partial charge in [-0.15, -0.1) is 11.3 Å². The molecule has 1 aromatic heterocycles. The predicted octanol–water partition coefficient (Wildman–Crippen LogP) is 2.97. The molecule has 1 aromatic carbocycles. The minimum atomic E-state index is -0.0199. The molecule has 2 aromatic rings. The van der Waals surface area contributed by atoms with Crippen LogP contribution in [0.4, 0.5) is 0 Å². The molecule has 0 fully saturated rings. The highest BCUT2D eigenvalue weighted by atomic mass is 35.5. The maximum atomic E-state index is 5.98. The Morgan fingerprint density at radius 1 is 1.54 bits per heavy atom. The van der Waals surface area contributed by atoms with Crippen LogP contribution in [-0.2, 0) is 0 Å². The summed E-state index contributed by atoms with van der Waals surface area (Å²) >= 11 is 7.58. The second-order valence-electron chi connectivity index (χ2n) is 2.93. The van der Waals surface area contributed by atoms with Gasteiger partial charge in [0, 0.05) is 0 Å². The fraction of sp³-hybridized carbons (Fsp3) is 0.222. The van der Waals surface area contributed by atoms with E-state index >= 15 is 0 Å². The molecular formula is C9H9ClN2S. The van der Waals surface area contributed by atoms with Crippen molar-refractivity contribution < 1.29 is 0 Å². The van der Waals surface area contributed by atoms with Crippen LogP contribution >= 0.6 is 22.9 Å². The molecule has 0 radical (unpaired) electrons. The van der Waals surface area contributed by atoms with Crippen molar-refractivity contribution in [1.82, 2.24) is 4.98 Å². The van der Waals surface area contributed by atoms with Crippen molar-refractivity contribution in [2.24, 2.45) is 5.73 Å². The highest BCUT2D eigenvalue weighted by Crippen LogP contribution is 2.29. The largest absolute Gasteiger partial charge is 0.322 e. The Labute approximate surface area is 85.3 Å². The fourth-order valence-corrected chi connectivity index (χ4v) is 2.35. The first-order chi connectivity index (χ1) is 6.18. The van der Waals surface area contributed by atoms with Gasteiger partial charge >= 0.3 is 0 Å². The van der Waals surface area contributed by atoms with E-state index in [4.69, 9.17) is 17.3 Å². The molecule has 0 saturated carbocycles. The number of halogens is 1. The Morgan fingerprint density at radius 2 is 2.31 bits per heavy atom. The minimum Gasteiger partial charge on any atom is -0.322 e. The maximum absolute atomic E-state index is 5.98.